The normalized spacial score (nSPS) is 10.6. The molecule has 0 atom stereocenters. The van der Waals surface area contributed by atoms with E-state index in [-0.39, 0.29) is 18.3 Å². The van der Waals surface area contributed by atoms with Crippen LogP contribution in [0.25, 0.3) is 0 Å². The van der Waals surface area contributed by atoms with Crippen LogP contribution in [0.4, 0.5) is 4.39 Å². The molecule has 154 valence electrons. The van der Waals surface area contributed by atoms with Gasteiger partial charge in [0.25, 0.3) is 5.91 Å². The van der Waals surface area contributed by atoms with Gasteiger partial charge in [0.05, 0.1) is 20.4 Å². The number of nitrogens with zero attached hydrogens (tertiary/aromatic N) is 1. The van der Waals surface area contributed by atoms with E-state index in [1.807, 2.05) is 0 Å². The number of hydrazone groups is 1. The number of nitrogens with one attached hydrogen (secondary N) is 1. The van der Waals surface area contributed by atoms with E-state index >= 15 is 0 Å². The summed E-state index contributed by atoms with van der Waals surface area (Å²) < 4.78 is 29.2. The zero-order chi connectivity index (χ0) is 21.3. The lowest BCUT2D eigenvalue weighted by Crippen LogP contribution is -2.17. The average molecular weight is 408 g/mol. The first-order chi connectivity index (χ1) is 14.6. The molecule has 0 heterocycles. The highest BCUT2D eigenvalue weighted by atomic mass is 19.1. The summed E-state index contributed by atoms with van der Waals surface area (Å²) in [6, 6.07) is 18.1. The van der Waals surface area contributed by atoms with E-state index in [1.54, 1.807) is 61.7 Å². The number of carbonyl (C=O) groups excluding carboxylic acids is 1. The summed E-state index contributed by atoms with van der Waals surface area (Å²) in [4.78, 5) is 12.1. The van der Waals surface area contributed by atoms with Crippen LogP contribution >= 0.6 is 0 Å². The SMILES string of the molecule is COc1ccc(C(=O)N/N=C\c2ccc(OCc3ccc(F)cc3)c(OC)c2)cc1. The van der Waals surface area contributed by atoms with Gasteiger partial charge in [0.2, 0.25) is 0 Å². The second-order valence-corrected chi connectivity index (χ2v) is 6.25. The zero-order valence-corrected chi connectivity index (χ0v) is 16.6. The number of hydrogen-bond acceptors (Lipinski definition) is 5. The summed E-state index contributed by atoms with van der Waals surface area (Å²) in [6.07, 6.45) is 1.51. The minimum atomic E-state index is -0.333. The van der Waals surface area contributed by atoms with E-state index in [0.29, 0.717) is 22.8 Å². The molecule has 6 nitrogen and oxygen atoms in total. The van der Waals surface area contributed by atoms with E-state index in [4.69, 9.17) is 14.2 Å². The Balaban J connectivity index is 1.60. The molecule has 0 saturated heterocycles. The number of carbonyl (C=O) groups is 1. The molecule has 3 aromatic carbocycles. The van der Waals surface area contributed by atoms with Gasteiger partial charge in [-0.05, 0) is 65.7 Å². The van der Waals surface area contributed by atoms with Gasteiger partial charge in [-0.15, -0.1) is 0 Å². The standard InChI is InChI=1S/C23H21FN2O4/c1-28-20-10-6-18(7-11-20)23(27)26-25-14-17-5-12-21(22(13-17)29-2)30-15-16-3-8-19(24)9-4-16/h3-14H,15H2,1-2H3,(H,26,27)/b25-14-. The van der Waals surface area contributed by atoms with Crippen LogP contribution in [-0.2, 0) is 6.61 Å². The Morgan fingerprint density at radius 2 is 1.70 bits per heavy atom. The van der Waals surface area contributed by atoms with Crippen LogP contribution in [0.5, 0.6) is 17.2 Å². The number of amides is 1. The predicted octanol–water partition coefficient (Wildman–Crippen LogP) is 4.19. The van der Waals surface area contributed by atoms with Crippen LogP contribution in [0.15, 0.2) is 71.8 Å². The Morgan fingerprint density at radius 3 is 2.37 bits per heavy atom. The number of rotatable bonds is 8. The molecule has 0 spiro atoms. The van der Waals surface area contributed by atoms with Gasteiger partial charge in [0.1, 0.15) is 18.2 Å². The summed E-state index contributed by atoms with van der Waals surface area (Å²) in [5, 5.41) is 3.98. The maximum absolute atomic E-state index is 13.0. The van der Waals surface area contributed by atoms with Crippen molar-refractivity contribution in [3.05, 3.63) is 89.2 Å². The summed E-state index contributed by atoms with van der Waals surface area (Å²) >= 11 is 0. The Bertz CT molecular complexity index is 1020. The molecular formula is C23H21FN2O4. The highest BCUT2D eigenvalue weighted by molar-refractivity contribution is 5.95. The van der Waals surface area contributed by atoms with Crippen molar-refractivity contribution in [3.8, 4) is 17.2 Å². The summed E-state index contributed by atoms with van der Waals surface area (Å²) in [5.74, 6) is 1.10. The molecule has 0 unspecified atom stereocenters. The highest BCUT2D eigenvalue weighted by Crippen LogP contribution is 2.28. The minimum absolute atomic E-state index is 0.280. The minimum Gasteiger partial charge on any atom is -0.497 e. The van der Waals surface area contributed by atoms with E-state index in [9.17, 15) is 9.18 Å². The molecule has 0 saturated carbocycles. The van der Waals surface area contributed by atoms with Crippen molar-refractivity contribution in [1.29, 1.82) is 0 Å². The number of hydrogen-bond donors (Lipinski definition) is 1. The van der Waals surface area contributed by atoms with Gasteiger partial charge in [-0.1, -0.05) is 12.1 Å². The summed E-state index contributed by atoms with van der Waals surface area (Å²) in [6.45, 7) is 0.280. The van der Waals surface area contributed by atoms with Crippen LogP contribution in [0.2, 0.25) is 0 Å². The lowest BCUT2D eigenvalue weighted by molar-refractivity contribution is 0.0955. The largest absolute Gasteiger partial charge is 0.497 e. The highest BCUT2D eigenvalue weighted by Gasteiger charge is 2.07. The number of halogens is 1. The Kier molecular flexibility index (Phi) is 7.00. The van der Waals surface area contributed by atoms with Crippen LogP contribution < -0.4 is 19.6 Å². The molecule has 0 aromatic heterocycles. The van der Waals surface area contributed by atoms with Crippen LogP contribution in [0.1, 0.15) is 21.5 Å². The number of ether oxygens (including phenoxy) is 3. The van der Waals surface area contributed by atoms with E-state index in [1.165, 1.54) is 25.5 Å². The first kappa shape index (κ1) is 20.9. The second kappa shape index (κ2) is 10.1. The van der Waals surface area contributed by atoms with Gasteiger partial charge in [-0.3, -0.25) is 4.79 Å². The van der Waals surface area contributed by atoms with Crippen molar-refractivity contribution < 1.29 is 23.4 Å². The van der Waals surface area contributed by atoms with Gasteiger partial charge in [-0.25, -0.2) is 9.82 Å². The van der Waals surface area contributed by atoms with E-state index in [0.717, 1.165) is 11.1 Å². The third-order valence-electron chi connectivity index (χ3n) is 4.23. The molecule has 0 bridgehead atoms. The van der Waals surface area contributed by atoms with Gasteiger partial charge >= 0.3 is 0 Å². The Morgan fingerprint density at radius 1 is 0.967 bits per heavy atom. The molecule has 0 radical (unpaired) electrons. The zero-order valence-electron chi connectivity index (χ0n) is 16.6. The van der Waals surface area contributed by atoms with Crippen molar-refractivity contribution in [2.24, 2.45) is 5.10 Å². The third kappa shape index (κ3) is 5.57. The fraction of sp³-hybridized carbons (Fsp3) is 0.130. The maximum Gasteiger partial charge on any atom is 0.271 e. The van der Waals surface area contributed by atoms with Crippen molar-refractivity contribution in [2.75, 3.05) is 14.2 Å². The Labute approximate surface area is 173 Å². The molecule has 0 aliphatic rings. The maximum atomic E-state index is 13.0. The smallest absolute Gasteiger partial charge is 0.271 e. The first-order valence-electron chi connectivity index (χ1n) is 9.12. The number of benzene rings is 3. The summed E-state index contributed by atoms with van der Waals surface area (Å²) in [5.41, 5.74) is 4.50. The fourth-order valence-corrected chi connectivity index (χ4v) is 2.60. The van der Waals surface area contributed by atoms with Gasteiger partial charge in [0, 0.05) is 5.56 Å². The topological polar surface area (TPSA) is 69.2 Å². The van der Waals surface area contributed by atoms with E-state index < -0.39 is 0 Å². The molecular weight excluding hydrogens is 387 g/mol. The fourth-order valence-electron chi connectivity index (χ4n) is 2.60. The van der Waals surface area contributed by atoms with Crippen LogP contribution in [0.3, 0.4) is 0 Å². The van der Waals surface area contributed by atoms with Crippen LogP contribution in [-0.4, -0.2) is 26.3 Å². The van der Waals surface area contributed by atoms with Crippen LogP contribution in [0, 0.1) is 5.82 Å². The average Bonchev–Trinajstić information content (AvgIpc) is 2.79. The van der Waals surface area contributed by atoms with Crippen molar-refractivity contribution in [3.63, 3.8) is 0 Å². The quantitative estimate of drug-likeness (QED) is 0.448. The lowest BCUT2D eigenvalue weighted by atomic mass is 10.2. The molecule has 0 fully saturated rings. The molecule has 1 amide bonds. The van der Waals surface area contributed by atoms with E-state index in [2.05, 4.69) is 10.5 Å². The second-order valence-electron chi connectivity index (χ2n) is 6.25. The molecule has 3 aromatic rings. The van der Waals surface area contributed by atoms with Crippen molar-refractivity contribution >= 4 is 12.1 Å². The Hall–Kier alpha value is -3.87. The predicted molar refractivity (Wildman–Crippen MR) is 112 cm³/mol. The lowest BCUT2D eigenvalue weighted by Gasteiger charge is -2.11. The molecule has 1 N–H and O–H groups in total. The van der Waals surface area contributed by atoms with Gasteiger partial charge in [0.15, 0.2) is 11.5 Å². The molecule has 0 aliphatic carbocycles. The molecule has 30 heavy (non-hydrogen) atoms. The first-order valence-corrected chi connectivity index (χ1v) is 9.12. The van der Waals surface area contributed by atoms with Crippen molar-refractivity contribution in [2.45, 2.75) is 6.61 Å². The third-order valence-corrected chi connectivity index (χ3v) is 4.23. The van der Waals surface area contributed by atoms with Gasteiger partial charge in [-0.2, -0.15) is 5.10 Å². The van der Waals surface area contributed by atoms with Gasteiger partial charge < -0.3 is 14.2 Å². The number of methoxy groups -OCH3 is 2. The van der Waals surface area contributed by atoms with Crippen molar-refractivity contribution in [1.82, 2.24) is 5.43 Å². The molecule has 0 aliphatic heterocycles. The monoisotopic (exact) mass is 408 g/mol. The molecule has 3 rings (SSSR count). The molecule has 7 heteroatoms. The summed E-state index contributed by atoms with van der Waals surface area (Å²) in [7, 11) is 3.10.